The average Bonchev–Trinajstić information content (AvgIpc) is 2.67. The molecule has 2 aromatic heterocycles. The van der Waals surface area contributed by atoms with Crippen molar-refractivity contribution in [3.8, 4) is 0 Å². The fourth-order valence-corrected chi connectivity index (χ4v) is 3.03. The minimum Gasteiger partial charge on any atom is -0.373 e. The van der Waals surface area contributed by atoms with Crippen molar-refractivity contribution < 1.29 is 4.79 Å². The molecule has 5 heteroatoms. The molecule has 24 heavy (non-hydrogen) atoms. The molecule has 3 heterocycles. The van der Waals surface area contributed by atoms with Gasteiger partial charge in [0.05, 0.1) is 0 Å². The third-order valence-corrected chi connectivity index (χ3v) is 4.37. The number of anilines is 1. The van der Waals surface area contributed by atoms with Crippen molar-refractivity contribution in [1.29, 1.82) is 0 Å². The Morgan fingerprint density at radius 2 is 2.12 bits per heavy atom. The summed E-state index contributed by atoms with van der Waals surface area (Å²) in [6, 6.07) is 7.90. The van der Waals surface area contributed by atoms with E-state index in [2.05, 4.69) is 21.4 Å². The molecule has 1 fully saturated rings. The van der Waals surface area contributed by atoms with E-state index in [0.717, 1.165) is 37.3 Å². The molecule has 1 aliphatic rings. The smallest absolute Gasteiger partial charge is 0.246 e. The fraction of sp³-hybridized carbons (Fsp3) is 0.316. The lowest BCUT2D eigenvalue weighted by molar-refractivity contribution is -0.127. The monoisotopic (exact) mass is 322 g/mol. The minimum absolute atomic E-state index is 0.0689. The summed E-state index contributed by atoms with van der Waals surface area (Å²) < 4.78 is 0. The molecule has 124 valence electrons. The van der Waals surface area contributed by atoms with Crippen LogP contribution >= 0.6 is 0 Å². The van der Waals surface area contributed by atoms with Crippen LogP contribution in [0.5, 0.6) is 0 Å². The Kier molecular flexibility index (Phi) is 5.21. The van der Waals surface area contributed by atoms with Crippen LogP contribution in [-0.4, -0.2) is 40.9 Å². The molecule has 0 saturated carbocycles. The van der Waals surface area contributed by atoms with Crippen molar-refractivity contribution in [2.75, 3.05) is 25.5 Å². The topological polar surface area (TPSA) is 58.1 Å². The van der Waals surface area contributed by atoms with Gasteiger partial charge in [-0.3, -0.25) is 9.78 Å². The van der Waals surface area contributed by atoms with Crippen LogP contribution in [0.25, 0.3) is 6.08 Å². The second kappa shape index (κ2) is 7.73. The van der Waals surface area contributed by atoms with E-state index in [4.69, 9.17) is 0 Å². The summed E-state index contributed by atoms with van der Waals surface area (Å²) in [5.74, 6) is 1.31. The Morgan fingerprint density at radius 1 is 1.29 bits per heavy atom. The number of aromatic nitrogens is 2. The van der Waals surface area contributed by atoms with E-state index < -0.39 is 0 Å². The SMILES string of the molecule is CNc1cc([C@@H]2CCCN(C(=O)/C=C/c3ccncc3)C2)ccn1. The van der Waals surface area contributed by atoms with Gasteiger partial charge in [-0.15, -0.1) is 0 Å². The van der Waals surface area contributed by atoms with E-state index in [0.29, 0.717) is 5.92 Å². The van der Waals surface area contributed by atoms with Crippen LogP contribution in [0.3, 0.4) is 0 Å². The van der Waals surface area contributed by atoms with Crippen LogP contribution in [0.15, 0.2) is 48.9 Å². The number of pyridine rings is 2. The highest BCUT2D eigenvalue weighted by Crippen LogP contribution is 2.28. The van der Waals surface area contributed by atoms with Crippen LogP contribution in [0.2, 0.25) is 0 Å². The molecule has 1 saturated heterocycles. The predicted molar refractivity (Wildman–Crippen MR) is 95.6 cm³/mol. The first-order valence-electron chi connectivity index (χ1n) is 8.27. The van der Waals surface area contributed by atoms with Gasteiger partial charge in [0.1, 0.15) is 5.82 Å². The van der Waals surface area contributed by atoms with Gasteiger partial charge in [0.25, 0.3) is 0 Å². The van der Waals surface area contributed by atoms with E-state index >= 15 is 0 Å². The summed E-state index contributed by atoms with van der Waals surface area (Å²) in [5.41, 5.74) is 2.23. The van der Waals surface area contributed by atoms with Gasteiger partial charge in [0.2, 0.25) is 5.91 Å². The first-order valence-corrected chi connectivity index (χ1v) is 8.27. The van der Waals surface area contributed by atoms with Crippen molar-refractivity contribution in [3.63, 3.8) is 0 Å². The molecule has 2 aromatic rings. The zero-order valence-corrected chi connectivity index (χ0v) is 13.9. The lowest BCUT2D eigenvalue weighted by Gasteiger charge is -2.32. The zero-order valence-electron chi connectivity index (χ0n) is 13.9. The van der Waals surface area contributed by atoms with Crippen molar-refractivity contribution in [2.45, 2.75) is 18.8 Å². The lowest BCUT2D eigenvalue weighted by atomic mass is 9.91. The summed E-state index contributed by atoms with van der Waals surface area (Å²) in [5, 5.41) is 3.07. The molecule has 0 spiro atoms. The Labute approximate surface area is 142 Å². The van der Waals surface area contributed by atoms with Gasteiger partial charge in [-0.2, -0.15) is 0 Å². The summed E-state index contributed by atoms with van der Waals surface area (Å²) in [6.07, 6.45) is 10.9. The summed E-state index contributed by atoms with van der Waals surface area (Å²) in [4.78, 5) is 22.6. The third-order valence-electron chi connectivity index (χ3n) is 4.37. The first-order chi connectivity index (χ1) is 11.8. The molecule has 0 radical (unpaired) electrons. The zero-order chi connectivity index (χ0) is 16.8. The number of nitrogens with zero attached hydrogens (tertiary/aromatic N) is 3. The van der Waals surface area contributed by atoms with E-state index in [1.54, 1.807) is 18.5 Å². The largest absolute Gasteiger partial charge is 0.373 e. The number of piperidine rings is 1. The standard InChI is InChI=1S/C19H22N4O/c1-20-18-13-16(8-11-22-18)17-3-2-12-23(14-17)19(24)5-4-15-6-9-21-10-7-15/h4-11,13,17H,2-3,12,14H2,1H3,(H,20,22)/b5-4+/t17-/m1/s1. The van der Waals surface area contributed by atoms with Crippen molar-refractivity contribution in [1.82, 2.24) is 14.9 Å². The molecule has 1 N–H and O–H groups in total. The molecule has 1 atom stereocenters. The van der Waals surface area contributed by atoms with Gasteiger partial charge in [0.15, 0.2) is 0 Å². The molecule has 1 aliphatic heterocycles. The molecule has 0 bridgehead atoms. The maximum Gasteiger partial charge on any atom is 0.246 e. The maximum atomic E-state index is 12.5. The number of hydrogen-bond acceptors (Lipinski definition) is 4. The van der Waals surface area contributed by atoms with Crippen LogP contribution in [0, 0.1) is 0 Å². The van der Waals surface area contributed by atoms with Crippen LogP contribution in [0.4, 0.5) is 5.82 Å². The molecule has 1 amide bonds. The van der Waals surface area contributed by atoms with Gasteiger partial charge >= 0.3 is 0 Å². The number of amides is 1. The van der Waals surface area contributed by atoms with Crippen LogP contribution in [-0.2, 0) is 4.79 Å². The molecule has 5 nitrogen and oxygen atoms in total. The Morgan fingerprint density at radius 3 is 2.92 bits per heavy atom. The van der Waals surface area contributed by atoms with Crippen LogP contribution < -0.4 is 5.32 Å². The van der Waals surface area contributed by atoms with Crippen LogP contribution in [0.1, 0.15) is 29.9 Å². The average molecular weight is 322 g/mol. The minimum atomic E-state index is 0.0689. The van der Waals surface area contributed by atoms with Crippen molar-refractivity contribution in [3.05, 3.63) is 60.1 Å². The van der Waals surface area contributed by atoms with Gasteiger partial charge in [0, 0.05) is 50.7 Å². The Bertz CT molecular complexity index is 714. The molecule has 0 unspecified atom stereocenters. The summed E-state index contributed by atoms with van der Waals surface area (Å²) in [6.45, 7) is 1.58. The third kappa shape index (κ3) is 3.98. The summed E-state index contributed by atoms with van der Waals surface area (Å²) >= 11 is 0. The van der Waals surface area contributed by atoms with E-state index in [-0.39, 0.29) is 5.91 Å². The fourth-order valence-electron chi connectivity index (χ4n) is 3.03. The highest BCUT2D eigenvalue weighted by atomic mass is 16.2. The van der Waals surface area contributed by atoms with Gasteiger partial charge in [-0.05, 0) is 54.3 Å². The quantitative estimate of drug-likeness (QED) is 0.879. The van der Waals surface area contributed by atoms with Gasteiger partial charge in [-0.25, -0.2) is 4.98 Å². The highest BCUT2D eigenvalue weighted by molar-refractivity contribution is 5.91. The molecular weight excluding hydrogens is 300 g/mol. The van der Waals surface area contributed by atoms with Gasteiger partial charge < -0.3 is 10.2 Å². The van der Waals surface area contributed by atoms with Crippen molar-refractivity contribution in [2.24, 2.45) is 0 Å². The van der Waals surface area contributed by atoms with E-state index in [1.807, 2.05) is 42.4 Å². The van der Waals surface area contributed by atoms with E-state index in [1.165, 1.54) is 5.56 Å². The number of likely N-dealkylation sites (tertiary alicyclic amines) is 1. The number of hydrogen-bond donors (Lipinski definition) is 1. The number of carbonyl (C=O) groups excluding carboxylic acids is 1. The molecule has 3 rings (SSSR count). The van der Waals surface area contributed by atoms with E-state index in [9.17, 15) is 4.79 Å². The Balaban J connectivity index is 1.66. The first kappa shape index (κ1) is 16.2. The normalized spacial score (nSPS) is 17.9. The lowest BCUT2D eigenvalue weighted by Crippen LogP contribution is -2.38. The molecule has 0 aliphatic carbocycles. The second-order valence-corrected chi connectivity index (χ2v) is 5.96. The highest BCUT2D eigenvalue weighted by Gasteiger charge is 2.23. The summed E-state index contributed by atoms with van der Waals surface area (Å²) in [7, 11) is 1.87. The van der Waals surface area contributed by atoms with Crippen molar-refractivity contribution >= 4 is 17.8 Å². The predicted octanol–water partition coefficient (Wildman–Crippen LogP) is 2.94. The van der Waals surface area contributed by atoms with Gasteiger partial charge in [-0.1, -0.05) is 0 Å². The molecule has 0 aromatic carbocycles. The number of rotatable bonds is 4. The maximum absolute atomic E-state index is 12.5. The number of carbonyl (C=O) groups is 1. The number of nitrogens with one attached hydrogen (secondary N) is 1. The molecular formula is C19H22N4O. The Hall–Kier alpha value is -2.69. The second-order valence-electron chi connectivity index (χ2n) is 5.96.